The van der Waals surface area contributed by atoms with Gasteiger partial charge in [-0.25, -0.2) is 9.59 Å². The van der Waals surface area contributed by atoms with E-state index in [0.29, 0.717) is 6.42 Å². The summed E-state index contributed by atoms with van der Waals surface area (Å²) in [5, 5.41) is 14.5. The van der Waals surface area contributed by atoms with Gasteiger partial charge in [0, 0.05) is 12.5 Å². The van der Waals surface area contributed by atoms with Crippen molar-refractivity contribution in [1.82, 2.24) is 10.6 Å². The van der Waals surface area contributed by atoms with E-state index in [9.17, 15) is 19.5 Å². The zero-order valence-electron chi connectivity index (χ0n) is 18.6. The molecule has 2 aromatic carbocycles. The highest BCUT2D eigenvalue weighted by Gasteiger charge is 2.38. The predicted octanol–water partition coefficient (Wildman–Crippen LogP) is 2.91. The molecule has 0 spiro atoms. The topological polar surface area (TPSA) is 114 Å². The number of amides is 2. The van der Waals surface area contributed by atoms with E-state index >= 15 is 0 Å². The maximum Gasteiger partial charge on any atom is 0.407 e. The maximum absolute atomic E-state index is 12.6. The van der Waals surface area contributed by atoms with Gasteiger partial charge in [-0.15, -0.1) is 0 Å². The Morgan fingerprint density at radius 1 is 1.06 bits per heavy atom. The molecule has 0 bridgehead atoms. The maximum atomic E-state index is 12.6. The number of carbonyl (C=O) groups is 3. The number of alkyl carbamates (subject to hydrolysis) is 1. The molecule has 0 aromatic heterocycles. The zero-order valence-corrected chi connectivity index (χ0v) is 18.6. The molecule has 3 N–H and O–H groups in total. The first-order chi connectivity index (χ1) is 15.9. The third kappa shape index (κ3) is 4.71. The lowest BCUT2D eigenvalue weighted by Gasteiger charge is -2.23. The monoisotopic (exact) mass is 452 g/mol. The van der Waals surface area contributed by atoms with Crippen LogP contribution in [0.25, 0.3) is 11.1 Å². The minimum absolute atomic E-state index is 0.0653. The highest BCUT2D eigenvalue weighted by molar-refractivity contribution is 5.87. The van der Waals surface area contributed by atoms with Crippen molar-refractivity contribution < 1.29 is 29.0 Å². The van der Waals surface area contributed by atoms with Gasteiger partial charge in [0.25, 0.3) is 5.91 Å². The normalized spacial score (nSPS) is 20.1. The summed E-state index contributed by atoms with van der Waals surface area (Å²) in [5.41, 5.74) is 4.50. The van der Waals surface area contributed by atoms with E-state index in [0.717, 1.165) is 22.3 Å². The molecule has 1 saturated heterocycles. The summed E-state index contributed by atoms with van der Waals surface area (Å²) in [6.07, 6.45) is -1.17. The number of ether oxygens (including phenoxy) is 2. The fourth-order valence-corrected chi connectivity index (χ4v) is 4.54. The van der Waals surface area contributed by atoms with Crippen molar-refractivity contribution >= 4 is 18.0 Å². The molecule has 1 fully saturated rings. The highest BCUT2D eigenvalue weighted by Crippen LogP contribution is 2.44. The summed E-state index contributed by atoms with van der Waals surface area (Å²) < 4.78 is 11.0. The lowest BCUT2D eigenvalue weighted by atomic mass is 9.98. The molecule has 2 aliphatic rings. The third-order valence-corrected chi connectivity index (χ3v) is 6.23. The smallest absolute Gasteiger partial charge is 0.407 e. The van der Waals surface area contributed by atoms with Crippen LogP contribution in [0, 0.1) is 5.92 Å². The Labute approximate surface area is 192 Å². The van der Waals surface area contributed by atoms with Crippen molar-refractivity contribution in [3.8, 4) is 11.1 Å². The van der Waals surface area contributed by atoms with E-state index in [2.05, 4.69) is 22.8 Å². The molecule has 2 aromatic rings. The van der Waals surface area contributed by atoms with Crippen LogP contribution in [0.3, 0.4) is 0 Å². The summed E-state index contributed by atoms with van der Waals surface area (Å²) in [6.45, 7) is 3.87. The molecule has 1 aliphatic carbocycles. The molecule has 33 heavy (non-hydrogen) atoms. The van der Waals surface area contributed by atoms with E-state index in [-0.39, 0.29) is 25.0 Å². The number of nitrogens with one attached hydrogen (secondary N) is 2. The lowest BCUT2D eigenvalue weighted by Crippen LogP contribution is -2.53. The van der Waals surface area contributed by atoms with Crippen LogP contribution < -0.4 is 10.6 Å². The third-order valence-electron chi connectivity index (χ3n) is 6.23. The standard InChI is InChI=1S/C25H28N2O6/c1-14(2)21(24(29)30)27-23(28)22-20(11-12-32-22)26-25(31)33-13-19-17-9-5-3-7-15(17)16-8-4-6-10-18(16)19/h3-10,14,19-22H,11-13H2,1-2H3,(H,26,31)(H,27,28)(H,29,30)/t20-,21?,22+/m0/s1. The van der Waals surface area contributed by atoms with Gasteiger partial charge in [0.15, 0.2) is 6.10 Å². The molecule has 4 rings (SSSR count). The molecule has 2 amide bonds. The zero-order chi connectivity index (χ0) is 23.5. The van der Waals surface area contributed by atoms with E-state index < -0.39 is 36.2 Å². The lowest BCUT2D eigenvalue weighted by molar-refractivity contribution is -0.145. The summed E-state index contributed by atoms with van der Waals surface area (Å²) in [7, 11) is 0. The highest BCUT2D eigenvalue weighted by atomic mass is 16.6. The van der Waals surface area contributed by atoms with Crippen LogP contribution in [0.4, 0.5) is 4.79 Å². The summed E-state index contributed by atoms with van der Waals surface area (Å²) >= 11 is 0. The van der Waals surface area contributed by atoms with E-state index in [4.69, 9.17) is 9.47 Å². The molecular formula is C25H28N2O6. The number of benzene rings is 2. The SMILES string of the molecule is CC(C)C(NC(=O)[C@@H]1OCC[C@@H]1NC(=O)OCC1c2ccccc2-c2ccccc21)C(=O)O. The molecule has 1 unspecified atom stereocenters. The molecule has 1 heterocycles. The number of carboxylic acids is 1. The fourth-order valence-electron chi connectivity index (χ4n) is 4.54. The number of fused-ring (bicyclic) bond motifs is 3. The van der Waals surface area contributed by atoms with Crippen molar-refractivity contribution in [2.75, 3.05) is 13.2 Å². The molecule has 1 aliphatic heterocycles. The van der Waals surface area contributed by atoms with Gasteiger partial charge >= 0.3 is 12.1 Å². The number of aliphatic carboxylic acids is 1. The Morgan fingerprint density at radius 2 is 1.67 bits per heavy atom. The van der Waals surface area contributed by atoms with Gasteiger partial charge < -0.3 is 25.2 Å². The minimum Gasteiger partial charge on any atom is -0.480 e. The van der Waals surface area contributed by atoms with Crippen molar-refractivity contribution in [2.24, 2.45) is 5.92 Å². The van der Waals surface area contributed by atoms with Crippen LogP contribution >= 0.6 is 0 Å². The number of hydrogen-bond acceptors (Lipinski definition) is 5. The fraction of sp³-hybridized carbons (Fsp3) is 0.400. The van der Waals surface area contributed by atoms with E-state index in [1.807, 2.05) is 36.4 Å². The van der Waals surface area contributed by atoms with Crippen molar-refractivity contribution in [2.45, 2.75) is 44.4 Å². The second-order valence-electron chi connectivity index (χ2n) is 8.72. The van der Waals surface area contributed by atoms with Gasteiger partial charge in [-0.2, -0.15) is 0 Å². The predicted molar refractivity (Wildman–Crippen MR) is 121 cm³/mol. The van der Waals surface area contributed by atoms with Gasteiger partial charge in [-0.1, -0.05) is 62.4 Å². The first-order valence-corrected chi connectivity index (χ1v) is 11.1. The first-order valence-electron chi connectivity index (χ1n) is 11.1. The number of hydrogen-bond donors (Lipinski definition) is 3. The van der Waals surface area contributed by atoms with E-state index in [1.165, 1.54) is 0 Å². The quantitative estimate of drug-likeness (QED) is 0.595. The van der Waals surface area contributed by atoms with Crippen LogP contribution in [0.15, 0.2) is 48.5 Å². The van der Waals surface area contributed by atoms with Crippen LogP contribution in [-0.4, -0.2) is 54.5 Å². The number of carboxylic acid groups (broad SMARTS) is 1. The van der Waals surface area contributed by atoms with Gasteiger partial charge in [-0.3, -0.25) is 4.79 Å². The average Bonchev–Trinajstić information content (AvgIpc) is 3.38. The number of rotatable bonds is 7. The summed E-state index contributed by atoms with van der Waals surface area (Å²) in [6, 6.07) is 14.5. The Bertz CT molecular complexity index is 1010. The van der Waals surface area contributed by atoms with E-state index in [1.54, 1.807) is 13.8 Å². The second kappa shape index (κ2) is 9.62. The van der Waals surface area contributed by atoms with Gasteiger partial charge in [-0.05, 0) is 34.6 Å². The Kier molecular flexibility index (Phi) is 6.65. The second-order valence-corrected chi connectivity index (χ2v) is 8.72. The molecule has 8 nitrogen and oxygen atoms in total. The molecule has 0 radical (unpaired) electrons. The van der Waals surface area contributed by atoms with Crippen LogP contribution in [0.5, 0.6) is 0 Å². The summed E-state index contributed by atoms with van der Waals surface area (Å²) in [5.74, 6) is -2.03. The molecule has 0 saturated carbocycles. The Morgan fingerprint density at radius 3 is 2.24 bits per heavy atom. The molecular weight excluding hydrogens is 424 g/mol. The molecule has 174 valence electrons. The molecule has 8 heteroatoms. The van der Waals surface area contributed by atoms with Gasteiger partial charge in [0.05, 0.1) is 6.04 Å². The number of carbonyl (C=O) groups excluding carboxylic acids is 2. The Hall–Kier alpha value is -3.39. The molecule has 3 atom stereocenters. The van der Waals surface area contributed by atoms with Crippen molar-refractivity contribution in [1.29, 1.82) is 0 Å². The van der Waals surface area contributed by atoms with Crippen LogP contribution in [0.2, 0.25) is 0 Å². The van der Waals surface area contributed by atoms with Gasteiger partial charge in [0.1, 0.15) is 12.6 Å². The first kappa shape index (κ1) is 22.8. The van der Waals surface area contributed by atoms with Crippen molar-refractivity contribution in [3.05, 3.63) is 59.7 Å². The van der Waals surface area contributed by atoms with Crippen molar-refractivity contribution in [3.63, 3.8) is 0 Å². The van der Waals surface area contributed by atoms with Gasteiger partial charge in [0.2, 0.25) is 0 Å². The average molecular weight is 453 g/mol. The Balaban J connectivity index is 1.37. The van der Waals surface area contributed by atoms with Crippen LogP contribution in [-0.2, 0) is 19.1 Å². The minimum atomic E-state index is -1.11. The summed E-state index contributed by atoms with van der Waals surface area (Å²) in [4.78, 5) is 36.6. The van der Waals surface area contributed by atoms with Crippen LogP contribution in [0.1, 0.15) is 37.3 Å². The largest absolute Gasteiger partial charge is 0.480 e.